The van der Waals surface area contributed by atoms with Gasteiger partial charge in [0.1, 0.15) is 17.8 Å². The first-order chi connectivity index (χ1) is 13.5. The lowest BCUT2D eigenvalue weighted by Crippen LogP contribution is -2.35. The van der Waals surface area contributed by atoms with Crippen molar-refractivity contribution in [2.24, 2.45) is 0 Å². The molecule has 0 saturated carbocycles. The van der Waals surface area contributed by atoms with Gasteiger partial charge in [0.2, 0.25) is 5.95 Å². The smallest absolute Gasteiger partial charge is 0.222 e. The minimum absolute atomic E-state index is 0.415. The van der Waals surface area contributed by atoms with Gasteiger partial charge in [-0.3, -0.25) is 0 Å². The molecule has 0 aliphatic rings. The number of nitrogens with two attached hydrogens (primary N) is 1. The molecular weight excluding hydrogens is 352 g/mol. The summed E-state index contributed by atoms with van der Waals surface area (Å²) in [6, 6.07) is 9.97. The molecule has 0 aliphatic heterocycles. The molecule has 0 spiro atoms. The molecule has 8 nitrogen and oxygen atoms in total. The summed E-state index contributed by atoms with van der Waals surface area (Å²) in [5, 5.41) is 8.91. The molecule has 0 radical (unpaired) electrons. The number of nitrogens with one attached hydrogen (secondary N) is 1. The maximum Gasteiger partial charge on any atom is 0.222 e. The normalized spacial score (nSPS) is 11.7. The molecule has 0 aliphatic carbocycles. The Morgan fingerprint density at radius 1 is 1.04 bits per heavy atom. The minimum atomic E-state index is -0.415. The number of nitrogen functional groups attached to an aromatic ring is 1. The molecule has 0 amide bonds. The summed E-state index contributed by atoms with van der Waals surface area (Å²) in [6.45, 7) is 6.77. The number of aryl methyl sites for hydroxylation is 1. The van der Waals surface area contributed by atoms with Gasteiger partial charge in [0.25, 0.3) is 0 Å². The largest absolute Gasteiger partial charge is 0.383 e. The van der Waals surface area contributed by atoms with E-state index in [1.165, 1.54) is 11.9 Å². The number of benzene rings is 1. The van der Waals surface area contributed by atoms with Crippen LogP contribution >= 0.6 is 0 Å². The predicted molar refractivity (Wildman–Crippen MR) is 110 cm³/mol. The van der Waals surface area contributed by atoms with Gasteiger partial charge >= 0.3 is 0 Å². The number of hydrogen-bond acceptors (Lipinski definition) is 7. The molecule has 3 aromatic heterocycles. The zero-order chi connectivity index (χ0) is 19.7. The highest BCUT2D eigenvalue weighted by Crippen LogP contribution is 2.33. The first-order valence-electron chi connectivity index (χ1n) is 9.03. The molecule has 142 valence electrons. The maximum atomic E-state index is 6.21. The van der Waals surface area contributed by atoms with E-state index in [2.05, 4.69) is 58.2 Å². The summed E-state index contributed by atoms with van der Waals surface area (Å²) >= 11 is 0. The molecule has 28 heavy (non-hydrogen) atoms. The monoisotopic (exact) mass is 374 g/mol. The third kappa shape index (κ3) is 3.24. The highest BCUT2D eigenvalue weighted by molar-refractivity contribution is 5.98. The summed E-state index contributed by atoms with van der Waals surface area (Å²) in [4.78, 5) is 17.1. The lowest BCUT2D eigenvalue weighted by atomic mass is 10.1. The van der Waals surface area contributed by atoms with Crippen LogP contribution in [-0.2, 0) is 5.54 Å². The molecule has 4 rings (SSSR count). The zero-order valence-electron chi connectivity index (χ0n) is 16.1. The van der Waals surface area contributed by atoms with E-state index in [1.54, 1.807) is 18.5 Å². The van der Waals surface area contributed by atoms with Crippen molar-refractivity contribution >= 4 is 22.8 Å². The van der Waals surface area contributed by atoms with Crippen molar-refractivity contribution in [2.45, 2.75) is 26.3 Å². The molecule has 0 fully saturated rings. The number of hydrogen-bond donors (Lipinski definition) is 2. The van der Waals surface area contributed by atoms with Crippen LogP contribution in [0.1, 0.15) is 19.4 Å². The van der Waals surface area contributed by atoms with E-state index in [9.17, 15) is 0 Å². The van der Waals surface area contributed by atoms with Crippen molar-refractivity contribution < 1.29 is 0 Å². The van der Waals surface area contributed by atoms with Crippen LogP contribution in [-0.4, -0.2) is 36.3 Å². The summed E-state index contributed by atoms with van der Waals surface area (Å²) in [6.07, 6.45) is 4.88. The van der Waals surface area contributed by atoms with Gasteiger partial charge in [0, 0.05) is 24.5 Å². The Labute approximate surface area is 162 Å². The van der Waals surface area contributed by atoms with E-state index < -0.39 is 5.54 Å². The van der Waals surface area contributed by atoms with Crippen molar-refractivity contribution in [3.8, 4) is 11.3 Å². The van der Waals surface area contributed by atoms with Crippen LogP contribution in [0.25, 0.3) is 22.3 Å². The van der Waals surface area contributed by atoms with Gasteiger partial charge in [-0.15, -0.1) is 0 Å². The summed E-state index contributed by atoms with van der Waals surface area (Å²) in [5.74, 6) is 0.988. The lowest BCUT2D eigenvalue weighted by Gasteiger charge is -2.26. The van der Waals surface area contributed by atoms with Gasteiger partial charge in [-0.2, -0.15) is 5.10 Å². The Hall–Kier alpha value is -3.55. The van der Waals surface area contributed by atoms with Crippen LogP contribution in [0.15, 0.2) is 49.1 Å². The van der Waals surface area contributed by atoms with Crippen molar-refractivity contribution in [1.82, 2.24) is 29.7 Å². The second-order valence-corrected chi connectivity index (χ2v) is 7.32. The average molecular weight is 374 g/mol. The van der Waals surface area contributed by atoms with E-state index in [-0.39, 0.29) is 0 Å². The highest BCUT2D eigenvalue weighted by Gasteiger charge is 2.28. The molecular formula is C20H22N8. The fraction of sp³-hybridized carbons (Fsp3) is 0.250. The minimum Gasteiger partial charge on any atom is -0.383 e. The van der Waals surface area contributed by atoms with Crippen LogP contribution in [0.3, 0.4) is 0 Å². The summed E-state index contributed by atoms with van der Waals surface area (Å²) in [7, 11) is 0. The Balaban J connectivity index is 1.78. The number of fused-ring (bicyclic) bond motifs is 1. The zero-order valence-corrected chi connectivity index (χ0v) is 16.1. The second-order valence-electron chi connectivity index (χ2n) is 7.32. The fourth-order valence-electron chi connectivity index (χ4n) is 3.07. The first kappa shape index (κ1) is 17.8. The van der Waals surface area contributed by atoms with Crippen LogP contribution < -0.4 is 11.1 Å². The van der Waals surface area contributed by atoms with E-state index in [0.717, 1.165) is 16.6 Å². The quantitative estimate of drug-likeness (QED) is 0.553. The Bertz CT molecular complexity index is 1100. The van der Waals surface area contributed by atoms with Gasteiger partial charge in [-0.1, -0.05) is 29.8 Å². The third-order valence-corrected chi connectivity index (χ3v) is 4.64. The van der Waals surface area contributed by atoms with Crippen LogP contribution in [0.2, 0.25) is 0 Å². The van der Waals surface area contributed by atoms with Gasteiger partial charge < -0.3 is 11.1 Å². The molecule has 4 aromatic rings. The number of rotatable bonds is 5. The highest BCUT2D eigenvalue weighted by atomic mass is 15.4. The standard InChI is InChI=1S/C20H22N8/c1-13-5-7-14(8-6-13)16-15-17(21)25-12-26-18(15)28(27-16)20(2,3)11-24-19-22-9-4-10-23-19/h4-10,12H,11H2,1-3H3,(H2,21,25,26)(H,22,23,24). The summed E-state index contributed by atoms with van der Waals surface area (Å²) < 4.78 is 1.89. The van der Waals surface area contributed by atoms with Crippen molar-refractivity contribution in [2.75, 3.05) is 17.6 Å². The molecule has 1 aromatic carbocycles. The summed E-state index contributed by atoms with van der Waals surface area (Å²) in [5.41, 5.74) is 9.43. The van der Waals surface area contributed by atoms with Crippen LogP contribution in [0.5, 0.6) is 0 Å². The second kappa shape index (κ2) is 6.88. The van der Waals surface area contributed by atoms with E-state index in [4.69, 9.17) is 10.8 Å². The average Bonchev–Trinajstić information content (AvgIpc) is 3.10. The first-order valence-corrected chi connectivity index (χ1v) is 9.03. The molecule has 8 heteroatoms. The van der Waals surface area contributed by atoms with Crippen LogP contribution in [0, 0.1) is 6.92 Å². The molecule has 0 saturated heterocycles. The van der Waals surface area contributed by atoms with E-state index >= 15 is 0 Å². The SMILES string of the molecule is Cc1ccc(-c2nn(C(C)(C)CNc3ncccn3)c3ncnc(N)c23)cc1. The van der Waals surface area contributed by atoms with E-state index in [0.29, 0.717) is 24.0 Å². The molecule has 3 heterocycles. The van der Waals surface area contributed by atoms with Gasteiger partial charge in [0.15, 0.2) is 5.65 Å². The fourth-order valence-corrected chi connectivity index (χ4v) is 3.07. The number of aromatic nitrogens is 6. The third-order valence-electron chi connectivity index (χ3n) is 4.64. The predicted octanol–water partition coefficient (Wildman–Crippen LogP) is 3.02. The Morgan fingerprint density at radius 2 is 1.75 bits per heavy atom. The van der Waals surface area contributed by atoms with Gasteiger partial charge in [-0.05, 0) is 26.8 Å². The maximum absolute atomic E-state index is 6.21. The van der Waals surface area contributed by atoms with Crippen molar-refractivity contribution in [1.29, 1.82) is 0 Å². The van der Waals surface area contributed by atoms with Gasteiger partial charge in [0.05, 0.1) is 10.9 Å². The van der Waals surface area contributed by atoms with Crippen molar-refractivity contribution in [3.05, 3.63) is 54.6 Å². The molecule has 3 N–H and O–H groups in total. The molecule has 0 unspecified atom stereocenters. The topological polar surface area (TPSA) is 107 Å². The van der Waals surface area contributed by atoms with Gasteiger partial charge in [-0.25, -0.2) is 24.6 Å². The van der Waals surface area contributed by atoms with Crippen LogP contribution in [0.4, 0.5) is 11.8 Å². The Morgan fingerprint density at radius 3 is 2.46 bits per heavy atom. The van der Waals surface area contributed by atoms with E-state index in [1.807, 2.05) is 16.8 Å². The molecule has 0 bridgehead atoms. The molecule has 0 atom stereocenters. The number of nitrogens with zero attached hydrogens (tertiary/aromatic N) is 6. The number of anilines is 2. The Kier molecular flexibility index (Phi) is 4.38. The lowest BCUT2D eigenvalue weighted by molar-refractivity contribution is 0.349. The van der Waals surface area contributed by atoms with Crippen molar-refractivity contribution in [3.63, 3.8) is 0 Å².